The first-order valence-corrected chi connectivity index (χ1v) is 11.2. The molecule has 0 unspecified atom stereocenters. The van der Waals surface area contributed by atoms with Crippen molar-refractivity contribution in [2.45, 2.75) is 109 Å². The molecule has 0 saturated heterocycles. The van der Waals surface area contributed by atoms with Gasteiger partial charge < -0.3 is 25.6 Å². The Morgan fingerprint density at radius 1 is 0.821 bits per heavy atom. The molecule has 0 aliphatic carbocycles. The number of carbonyl (C=O) groups is 1. The van der Waals surface area contributed by atoms with Crippen LogP contribution in [0.3, 0.4) is 0 Å². The first-order valence-electron chi connectivity index (χ1n) is 11.2. The van der Waals surface area contributed by atoms with Gasteiger partial charge in [0.05, 0.1) is 18.8 Å². The highest BCUT2D eigenvalue weighted by Crippen LogP contribution is 2.13. The number of rotatable bonds is 17. The van der Waals surface area contributed by atoms with Crippen molar-refractivity contribution < 1.29 is 19.7 Å². The van der Waals surface area contributed by atoms with Gasteiger partial charge >= 0.3 is 6.09 Å². The zero-order chi connectivity index (χ0) is 21.3. The van der Waals surface area contributed by atoms with Crippen LogP contribution >= 0.6 is 0 Å². The largest absolute Gasteiger partial charge is 0.444 e. The quantitative estimate of drug-likeness (QED) is 0.275. The van der Waals surface area contributed by atoms with Crippen LogP contribution in [0.4, 0.5) is 4.79 Å². The number of unbranched alkanes of at least 4 members (excludes halogenated alkanes) is 9. The highest BCUT2D eigenvalue weighted by molar-refractivity contribution is 5.68. The molecule has 1 amide bonds. The van der Waals surface area contributed by atoms with E-state index in [1.807, 2.05) is 0 Å². The maximum absolute atomic E-state index is 12.0. The van der Waals surface area contributed by atoms with Crippen molar-refractivity contribution in [3.8, 4) is 0 Å². The molecule has 0 atom stereocenters. The highest BCUT2D eigenvalue weighted by atomic mass is 16.6. The molecule has 0 aromatic rings. The third-order valence-electron chi connectivity index (χ3n) is 4.86. The van der Waals surface area contributed by atoms with Gasteiger partial charge in [0.1, 0.15) is 5.60 Å². The van der Waals surface area contributed by atoms with E-state index in [1.54, 1.807) is 20.8 Å². The van der Waals surface area contributed by atoms with E-state index in [0.29, 0.717) is 13.0 Å². The lowest BCUT2D eigenvalue weighted by Gasteiger charge is -2.32. The molecular weight excluding hydrogens is 356 g/mol. The summed E-state index contributed by atoms with van der Waals surface area (Å²) in [6.45, 7) is 8.45. The van der Waals surface area contributed by atoms with Gasteiger partial charge in [0.2, 0.25) is 0 Å². The van der Waals surface area contributed by atoms with Crippen molar-refractivity contribution >= 4 is 6.09 Å². The molecular formula is C22H46N2O4. The second-order valence-corrected chi connectivity index (χ2v) is 8.91. The molecule has 0 aromatic carbocycles. The normalized spacial score (nSPS) is 12.2. The van der Waals surface area contributed by atoms with Crippen LogP contribution in [0.25, 0.3) is 0 Å². The Morgan fingerprint density at radius 3 is 1.79 bits per heavy atom. The Labute approximate surface area is 172 Å². The van der Waals surface area contributed by atoms with E-state index in [4.69, 9.17) is 4.74 Å². The van der Waals surface area contributed by atoms with Gasteiger partial charge in [-0.05, 0) is 46.7 Å². The van der Waals surface area contributed by atoms with Crippen molar-refractivity contribution in [1.82, 2.24) is 10.6 Å². The van der Waals surface area contributed by atoms with E-state index in [9.17, 15) is 15.0 Å². The summed E-state index contributed by atoms with van der Waals surface area (Å²) < 4.78 is 5.22. The summed E-state index contributed by atoms with van der Waals surface area (Å²) in [5, 5.41) is 25.3. The monoisotopic (exact) mass is 402 g/mol. The Bertz CT molecular complexity index is 379. The Kier molecular flexibility index (Phi) is 15.5. The summed E-state index contributed by atoms with van der Waals surface area (Å²) in [5.41, 5.74) is -1.68. The number of ether oxygens (including phenoxy) is 1. The predicted molar refractivity (Wildman–Crippen MR) is 116 cm³/mol. The Balaban J connectivity index is 3.80. The van der Waals surface area contributed by atoms with Crippen LogP contribution in [0.1, 0.15) is 98.3 Å². The first kappa shape index (κ1) is 27.1. The lowest BCUT2D eigenvalue weighted by atomic mass is 9.97. The van der Waals surface area contributed by atoms with Gasteiger partial charge in [-0.25, -0.2) is 4.79 Å². The summed E-state index contributed by atoms with van der Waals surface area (Å²) in [5.74, 6) is 0. The summed E-state index contributed by atoms with van der Waals surface area (Å²) in [6, 6.07) is 0. The molecule has 0 aliphatic rings. The maximum atomic E-state index is 12.0. The summed E-state index contributed by atoms with van der Waals surface area (Å²) in [6.07, 6.45) is 12.9. The Morgan fingerprint density at radius 2 is 1.32 bits per heavy atom. The molecule has 0 spiro atoms. The number of hydrogen-bond donors (Lipinski definition) is 4. The second kappa shape index (κ2) is 16.0. The molecule has 0 rings (SSSR count). The average Bonchev–Trinajstić information content (AvgIpc) is 2.63. The van der Waals surface area contributed by atoms with Gasteiger partial charge in [-0.1, -0.05) is 64.7 Å². The smallest absolute Gasteiger partial charge is 0.408 e. The minimum absolute atomic E-state index is 0.331. The van der Waals surface area contributed by atoms with Crippen LogP contribution in [-0.4, -0.2) is 53.7 Å². The van der Waals surface area contributed by atoms with Gasteiger partial charge in [0.25, 0.3) is 0 Å². The molecule has 168 valence electrons. The van der Waals surface area contributed by atoms with Crippen molar-refractivity contribution in [2.75, 3.05) is 26.3 Å². The van der Waals surface area contributed by atoms with Crippen LogP contribution in [0.5, 0.6) is 0 Å². The topological polar surface area (TPSA) is 90.8 Å². The lowest BCUT2D eigenvalue weighted by molar-refractivity contribution is 0.0276. The molecule has 0 bridgehead atoms. The fourth-order valence-corrected chi connectivity index (χ4v) is 3.06. The SMILES string of the molecule is CCCCCCCCCCCCNCCC(CO)(CO)NC(=O)OC(C)(C)C. The number of aliphatic hydroxyl groups excluding tert-OH is 2. The van der Waals surface area contributed by atoms with Gasteiger partial charge in [-0.3, -0.25) is 0 Å². The summed E-state index contributed by atoms with van der Waals surface area (Å²) in [7, 11) is 0. The number of hydrogen-bond acceptors (Lipinski definition) is 5. The molecule has 28 heavy (non-hydrogen) atoms. The lowest BCUT2D eigenvalue weighted by Crippen LogP contribution is -2.56. The van der Waals surface area contributed by atoms with E-state index in [0.717, 1.165) is 13.0 Å². The molecule has 0 heterocycles. The van der Waals surface area contributed by atoms with Gasteiger partial charge in [-0.15, -0.1) is 0 Å². The fourth-order valence-electron chi connectivity index (χ4n) is 3.06. The number of carbonyl (C=O) groups excluding carboxylic acids is 1. The summed E-state index contributed by atoms with van der Waals surface area (Å²) in [4.78, 5) is 12.0. The molecule has 0 fully saturated rings. The van der Waals surface area contributed by atoms with Gasteiger partial charge in [-0.2, -0.15) is 0 Å². The number of nitrogens with one attached hydrogen (secondary N) is 2. The van der Waals surface area contributed by atoms with Gasteiger partial charge in [0, 0.05) is 0 Å². The Hall–Kier alpha value is -0.850. The number of alkyl carbamates (subject to hydrolysis) is 1. The van der Waals surface area contributed by atoms with Crippen LogP contribution in [0.15, 0.2) is 0 Å². The van der Waals surface area contributed by atoms with E-state index < -0.39 is 17.2 Å². The molecule has 0 radical (unpaired) electrons. The summed E-state index contributed by atoms with van der Waals surface area (Å²) >= 11 is 0. The zero-order valence-electron chi connectivity index (χ0n) is 18.8. The van der Waals surface area contributed by atoms with Crippen LogP contribution in [0, 0.1) is 0 Å². The molecule has 6 heteroatoms. The van der Waals surface area contributed by atoms with Crippen molar-refractivity contribution in [2.24, 2.45) is 0 Å². The standard InChI is InChI=1S/C22H46N2O4/c1-5-6-7-8-9-10-11-12-13-14-16-23-17-15-22(18-25,19-26)24-20(27)28-21(2,3)4/h23,25-26H,5-19H2,1-4H3,(H,24,27). The van der Waals surface area contributed by atoms with E-state index in [1.165, 1.54) is 57.8 Å². The highest BCUT2D eigenvalue weighted by Gasteiger charge is 2.32. The first-order chi connectivity index (χ1) is 13.3. The molecule has 0 aliphatic heterocycles. The molecule has 0 aromatic heterocycles. The van der Waals surface area contributed by atoms with Crippen LogP contribution in [0.2, 0.25) is 0 Å². The zero-order valence-corrected chi connectivity index (χ0v) is 18.8. The minimum Gasteiger partial charge on any atom is -0.444 e. The van der Waals surface area contributed by atoms with Crippen molar-refractivity contribution in [1.29, 1.82) is 0 Å². The predicted octanol–water partition coefficient (Wildman–Crippen LogP) is 4.14. The van der Waals surface area contributed by atoms with Crippen LogP contribution in [-0.2, 0) is 4.74 Å². The molecule has 0 saturated carbocycles. The van der Waals surface area contributed by atoms with Crippen LogP contribution < -0.4 is 10.6 Å². The average molecular weight is 403 g/mol. The van der Waals surface area contributed by atoms with Gasteiger partial charge in [0.15, 0.2) is 0 Å². The fraction of sp³-hybridized carbons (Fsp3) is 0.955. The molecule has 4 N–H and O–H groups in total. The second-order valence-electron chi connectivity index (χ2n) is 8.91. The van der Waals surface area contributed by atoms with Crippen molar-refractivity contribution in [3.63, 3.8) is 0 Å². The third-order valence-corrected chi connectivity index (χ3v) is 4.86. The van der Waals surface area contributed by atoms with E-state index in [-0.39, 0.29) is 13.2 Å². The van der Waals surface area contributed by atoms with Crippen molar-refractivity contribution in [3.05, 3.63) is 0 Å². The molecule has 6 nitrogen and oxygen atoms in total. The third kappa shape index (κ3) is 15.1. The van der Waals surface area contributed by atoms with E-state index in [2.05, 4.69) is 17.6 Å². The minimum atomic E-state index is -1.06. The number of aliphatic hydroxyl groups is 2. The number of amides is 1. The maximum Gasteiger partial charge on any atom is 0.408 e. The van der Waals surface area contributed by atoms with E-state index >= 15 is 0 Å².